The Balaban J connectivity index is 1.90. The van der Waals surface area contributed by atoms with E-state index in [0.29, 0.717) is 31.1 Å². The Morgan fingerprint density at radius 1 is 1.41 bits per heavy atom. The average molecular weight is 307 g/mol. The van der Waals surface area contributed by atoms with E-state index >= 15 is 0 Å². The Labute approximate surface area is 131 Å². The smallest absolute Gasteiger partial charge is 0.220 e. The minimum atomic E-state index is 0.0696. The van der Waals surface area contributed by atoms with Crippen molar-refractivity contribution in [1.29, 1.82) is 0 Å². The third kappa shape index (κ3) is 4.91. The molecule has 1 fully saturated rings. The fourth-order valence-corrected chi connectivity index (χ4v) is 2.42. The average Bonchev–Trinajstić information content (AvgIpc) is 3.05. The van der Waals surface area contributed by atoms with Crippen molar-refractivity contribution >= 4 is 5.91 Å². The number of ether oxygens (including phenoxy) is 3. The van der Waals surface area contributed by atoms with E-state index in [9.17, 15) is 4.79 Å². The van der Waals surface area contributed by atoms with Crippen molar-refractivity contribution in [2.24, 2.45) is 0 Å². The molecule has 0 aromatic heterocycles. The number of methoxy groups -OCH3 is 1. The molecule has 122 valence electrons. The number of carbonyl (C=O) groups excluding carboxylic acids is 1. The summed E-state index contributed by atoms with van der Waals surface area (Å²) in [6, 6.07) is 5.73. The topological polar surface area (TPSA) is 56.8 Å². The molecule has 5 heteroatoms. The summed E-state index contributed by atoms with van der Waals surface area (Å²) in [5.74, 6) is 1.46. The number of nitrogens with one attached hydrogen (secondary N) is 1. The Morgan fingerprint density at radius 3 is 2.95 bits per heavy atom. The van der Waals surface area contributed by atoms with Crippen LogP contribution in [0.15, 0.2) is 18.2 Å². The van der Waals surface area contributed by atoms with Gasteiger partial charge in [-0.05, 0) is 37.0 Å². The van der Waals surface area contributed by atoms with Gasteiger partial charge in [0, 0.05) is 19.6 Å². The summed E-state index contributed by atoms with van der Waals surface area (Å²) in [5.41, 5.74) is 0.991. The quantitative estimate of drug-likeness (QED) is 0.802. The van der Waals surface area contributed by atoms with Crippen molar-refractivity contribution in [3.05, 3.63) is 23.8 Å². The van der Waals surface area contributed by atoms with E-state index in [1.165, 1.54) is 0 Å². The van der Waals surface area contributed by atoms with Gasteiger partial charge in [0.05, 0.1) is 13.2 Å². The lowest BCUT2D eigenvalue weighted by Gasteiger charge is -2.15. The van der Waals surface area contributed by atoms with Crippen LogP contribution in [-0.2, 0) is 16.1 Å². The fraction of sp³-hybridized carbons (Fsp3) is 0.588. The predicted octanol–water partition coefficient (Wildman–Crippen LogP) is 2.67. The minimum Gasteiger partial charge on any atom is -0.493 e. The van der Waals surface area contributed by atoms with Gasteiger partial charge in [-0.2, -0.15) is 0 Å². The van der Waals surface area contributed by atoms with Gasteiger partial charge in [0.2, 0.25) is 5.91 Å². The maximum Gasteiger partial charge on any atom is 0.220 e. The van der Waals surface area contributed by atoms with E-state index in [4.69, 9.17) is 14.2 Å². The van der Waals surface area contributed by atoms with Crippen LogP contribution in [0.25, 0.3) is 0 Å². The zero-order chi connectivity index (χ0) is 15.8. The highest BCUT2D eigenvalue weighted by Gasteiger charge is 2.17. The molecule has 22 heavy (non-hydrogen) atoms. The van der Waals surface area contributed by atoms with Crippen LogP contribution in [0.2, 0.25) is 0 Å². The monoisotopic (exact) mass is 307 g/mol. The highest BCUT2D eigenvalue weighted by Crippen LogP contribution is 2.29. The normalized spacial score (nSPS) is 17.3. The maximum atomic E-state index is 11.5. The molecule has 2 rings (SSSR count). The van der Waals surface area contributed by atoms with Gasteiger partial charge in [0.15, 0.2) is 11.5 Å². The first kappa shape index (κ1) is 16.6. The van der Waals surface area contributed by atoms with Crippen molar-refractivity contribution in [3.8, 4) is 11.5 Å². The second-order valence-electron chi connectivity index (χ2n) is 5.46. The molecule has 1 N–H and O–H groups in total. The Morgan fingerprint density at radius 2 is 2.27 bits per heavy atom. The molecule has 0 spiro atoms. The lowest BCUT2D eigenvalue weighted by Crippen LogP contribution is -2.22. The van der Waals surface area contributed by atoms with Crippen LogP contribution >= 0.6 is 0 Å². The maximum absolute atomic E-state index is 11.5. The summed E-state index contributed by atoms with van der Waals surface area (Å²) < 4.78 is 16.7. The van der Waals surface area contributed by atoms with Crippen molar-refractivity contribution in [2.75, 3.05) is 20.3 Å². The van der Waals surface area contributed by atoms with E-state index in [2.05, 4.69) is 5.32 Å². The number of carbonyl (C=O) groups is 1. The largest absolute Gasteiger partial charge is 0.493 e. The molecule has 1 aliphatic heterocycles. The molecule has 1 atom stereocenters. The molecule has 0 radical (unpaired) electrons. The summed E-state index contributed by atoms with van der Waals surface area (Å²) in [7, 11) is 1.62. The van der Waals surface area contributed by atoms with Crippen LogP contribution in [0, 0.1) is 0 Å². The van der Waals surface area contributed by atoms with Crippen molar-refractivity contribution < 1.29 is 19.0 Å². The molecule has 1 heterocycles. The lowest BCUT2D eigenvalue weighted by atomic mass is 10.2. The van der Waals surface area contributed by atoms with Crippen LogP contribution in [0.1, 0.15) is 38.2 Å². The van der Waals surface area contributed by atoms with Crippen LogP contribution in [0.3, 0.4) is 0 Å². The molecule has 1 aliphatic rings. The summed E-state index contributed by atoms with van der Waals surface area (Å²) in [5, 5.41) is 2.89. The molecular formula is C17H25NO4. The first-order valence-electron chi connectivity index (χ1n) is 7.91. The van der Waals surface area contributed by atoms with E-state index in [-0.39, 0.29) is 12.0 Å². The van der Waals surface area contributed by atoms with Crippen LogP contribution in [0.4, 0.5) is 0 Å². The van der Waals surface area contributed by atoms with E-state index in [0.717, 1.165) is 31.4 Å². The highest BCUT2D eigenvalue weighted by molar-refractivity contribution is 5.75. The van der Waals surface area contributed by atoms with Crippen LogP contribution in [0.5, 0.6) is 11.5 Å². The van der Waals surface area contributed by atoms with Crippen molar-refractivity contribution in [1.82, 2.24) is 5.32 Å². The van der Waals surface area contributed by atoms with Crippen LogP contribution in [-0.4, -0.2) is 32.3 Å². The number of benzene rings is 1. The molecule has 1 unspecified atom stereocenters. The molecule has 0 saturated carbocycles. The molecular weight excluding hydrogens is 282 g/mol. The molecule has 1 aromatic carbocycles. The van der Waals surface area contributed by atoms with E-state index < -0.39 is 0 Å². The summed E-state index contributed by atoms with van der Waals surface area (Å²) in [4.78, 5) is 11.5. The van der Waals surface area contributed by atoms with Gasteiger partial charge in [-0.1, -0.05) is 13.0 Å². The van der Waals surface area contributed by atoms with Crippen molar-refractivity contribution in [3.63, 3.8) is 0 Å². The SMILES string of the molecule is CCCC(=O)NCc1ccc(OCC2CCCO2)c(OC)c1. The third-order valence-corrected chi connectivity index (χ3v) is 3.64. The number of amides is 1. The summed E-state index contributed by atoms with van der Waals surface area (Å²) in [6.07, 6.45) is 3.73. The summed E-state index contributed by atoms with van der Waals surface area (Å²) in [6.45, 7) is 3.86. The summed E-state index contributed by atoms with van der Waals surface area (Å²) >= 11 is 0. The lowest BCUT2D eigenvalue weighted by molar-refractivity contribution is -0.121. The molecule has 1 aromatic rings. The second-order valence-corrected chi connectivity index (χ2v) is 5.46. The highest BCUT2D eigenvalue weighted by atomic mass is 16.5. The molecule has 1 amide bonds. The number of hydrogen-bond donors (Lipinski definition) is 1. The Kier molecular flexibility index (Phi) is 6.52. The first-order chi connectivity index (χ1) is 10.7. The minimum absolute atomic E-state index is 0.0696. The standard InChI is InChI=1S/C17H25NO4/c1-3-5-17(19)18-11-13-7-8-15(16(10-13)20-2)22-12-14-6-4-9-21-14/h7-8,10,14H,3-6,9,11-12H2,1-2H3,(H,18,19). The van der Waals surface area contributed by atoms with Gasteiger partial charge in [0.25, 0.3) is 0 Å². The van der Waals surface area contributed by atoms with Crippen LogP contribution < -0.4 is 14.8 Å². The molecule has 1 saturated heterocycles. The molecule has 5 nitrogen and oxygen atoms in total. The number of rotatable bonds is 8. The number of hydrogen-bond acceptors (Lipinski definition) is 4. The second kappa shape index (κ2) is 8.63. The first-order valence-corrected chi connectivity index (χ1v) is 7.91. The Hall–Kier alpha value is -1.75. The zero-order valence-electron chi connectivity index (χ0n) is 13.4. The predicted molar refractivity (Wildman–Crippen MR) is 84.2 cm³/mol. The van der Waals surface area contributed by atoms with Gasteiger partial charge in [0.1, 0.15) is 6.61 Å². The van der Waals surface area contributed by atoms with Gasteiger partial charge in [-0.15, -0.1) is 0 Å². The Bertz CT molecular complexity index is 484. The zero-order valence-corrected chi connectivity index (χ0v) is 13.4. The van der Waals surface area contributed by atoms with E-state index in [1.807, 2.05) is 25.1 Å². The molecule has 0 aliphatic carbocycles. The molecule has 0 bridgehead atoms. The van der Waals surface area contributed by atoms with Gasteiger partial charge < -0.3 is 19.5 Å². The fourth-order valence-electron chi connectivity index (χ4n) is 2.42. The van der Waals surface area contributed by atoms with Gasteiger partial charge in [-0.3, -0.25) is 4.79 Å². The van der Waals surface area contributed by atoms with Gasteiger partial charge >= 0.3 is 0 Å². The van der Waals surface area contributed by atoms with Gasteiger partial charge in [-0.25, -0.2) is 0 Å². The van der Waals surface area contributed by atoms with E-state index in [1.54, 1.807) is 7.11 Å². The van der Waals surface area contributed by atoms with Crippen molar-refractivity contribution in [2.45, 2.75) is 45.3 Å². The third-order valence-electron chi connectivity index (χ3n) is 3.64.